The van der Waals surface area contributed by atoms with Gasteiger partial charge in [-0.2, -0.15) is 0 Å². The number of imide groups is 1. The summed E-state index contributed by atoms with van der Waals surface area (Å²) in [6.07, 6.45) is 2.77. The highest BCUT2D eigenvalue weighted by molar-refractivity contribution is 6.10. The van der Waals surface area contributed by atoms with E-state index in [1.54, 1.807) is 6.92 Å². The summed E-state index contributed by atoms with van der Waals surface area (Å²) in [4.78, 5) is 39.0. The van der Waals surface area contributed by atoms with Gasteiger partial charge in [0.25, 0.3) is 5.91 Å². The lowest BCUT2D eigenvalue weighted by Gasteiger charge is -2.22. The van der Waals surface area contributed by atoms with Crippen LogP contribution in [0, 0.1) is 0 Å². The van der Waals surface area contributed by atoms with E-state index in [4.69, 9.17) is 0 Å². The second kappa shape index (κ2) is 8.47. The largest absolute Gasteiger partial charge is 0.325 e. The van der Waals surface area contributed by atoms with Gasteiger partial charge in [-0.25, -0.2) is 4.79 Å². The SMILES string of the molecule is CCCc1ccc(C2(C)NC(=O)N(CC(=O)Nc3ccccc3CC)C2=O)cc1. The third kappa shape index (κ3) is 4.16. The second-order valence-corrected chi connectivity index (χ2v) is 7.45. The van der Waals surface area contributed by atoms with Gasteiger partial charge in [-0.05, 0) is 42.5 Å². The van der Waals surface area contributed by atoms with Gasteiger partial charge in [0.05, 0.1) is 0 Å². The van der Waals surface area contributed by atoms with Crippen LogP contribution in [0.4, 0.5) is 10.5 Å². The number of carbonyl (C=O) groups is 3. The number of hydrogen-bond acceptors (Lipinski definition) is 3. The molecule has 2 aromatic carbocycles. The van der Waals surface area contributed by atoms with Gasteiger partial charge in [-0.1, -0.05) is 62.7 Å². The first-order valence-electron chi connectivity index (χ1n) is 10.00. The molecule has 0 aromatic heterocycles. The van der Waals surface area contributed by atoms with Crippen molar-refractivity contribution in [2.45, 2.75) is 45.6 Å². The molecule has 1 heterocycles. The summed E-state index contributed by atoms with van der Waals surface area (Å²) in [6.45, 7) is 5.45. The summed E-state index contributed by atoms with van der Waals surface area (Å²) >= 11 is 0. The summed E-state index contributed by atoms with van der Waals surface area (Å²) in [6, 6.07) is 14.6. The Morgan fingerprint density at radius 3 is 2.41 bits per heavy atom. The molecule has 2 N–H and O–H groups in total. The van der Waals surface area contributed by atoms with Crippen molar-refractivity contribution in [1.82, 2.24) is 10.2 Å². The first-order chi connectivity index (χ1) is 13.9. The van der Waals surface area contributed by atoms with Crippen LogP contribution < -0.4 is 10.6 Å². The monoisotopic (exact) mass is 393 g/mol. The van der Waals surface area contributed by atoms with Crippen molar-refractivity contribution in [2.75, 3.05) is 11.9 Å². The van der Waals surface area contributed by atoms with E-state index in [9.17, 15) is 14.4 Å². The molecular formula is C23H27N3O3. The Kier molecular flexibility index (Phi) is 6.01. The molecule has 0 saturated carbocycles. The van der Waals surface area contributed by atoms with Gasteiger partial charge in [-0.3, -0.25) is 14.5 Å². The van der Waals surface area contributed by atoms with Crippen LogP contribution in [0.2, 0.25) is 0 Å². The number of aryl methyl sites for hydroxylation is 2. The molecule has 6 nitrogen and oxygen atoms in total. The van der Waals surface area contributed by atoms with Crippen LogP contribution in [-0.4, -0.2) is 29.3 Å². The predicted octanol–water partition coefficient (Wildman–Crippen LogP) is 3.61. The average Bonchev–Trinajstić information content (AvgIpc) is 2.93. The maximum atomic E-state index is 13.0. The van der Waals surface area contributed by atoms with Crippen molar-refractivity contribution >= 4 is 23.5 Å². The number of amides is 4. The number of nitrogens with one attached hydrogen (secondary N) is 2. The van der Waals surface area contributed by atoms with Gasteiger partial charge in [0, 0.05) is 5.69 Å². The van der Waals surface area contributed by atoms with Crippen LogP contribution >= 0.6 is 0 Å². The van der Waals surface area contributed by atoms with E-state index in [0.29, 0.717) is 11.3 Å². The van der Waals surface area contributed by atoms with E-state index < -0.39 is 23.4 Å². The fourth-order valence-corrected chi connectivity index (χ4v) is 3.61. The van der Waals surface area contributed by atoms with Crippen molar-refractivity contribution in [3.63, 3.8) is 0 Å². The molecule has 1 saturated heterocycles. The minimum atomic E-state index is -1.18. The second-order valence-electron chi connectivity index (χ2n) is 7.45. The van der Waals surface area contributed by atoms with Crippen molar-refractivity contribution in [3.05, 3.63) is 65.2 Å². The molecule has 2 aromatic rings. The number of carbonyl (C=O) groups excluding carboxylic acids is 3. The van der Waals surface area contributed by atoms with Gasteiger partial charge in [-0.15, -0.1) is 0 Å². The number of nitrogens with zero attached hydrogens (tertiary/aromatic N) is 1. The Balaban J connectivity index is 1.73. The molecule has 1 unspecified atom stereocenters. The minimum absolute atomic E-state index is 0.327. The average molecular weight is 393 g/mol. The van der Waals surface area contributed by atoms with Crippen LogP contribution in [-0.2, 0) is 28.0 Å². The highest BCUT2D eigenvalue weighted by Gasteiger charge is 2.49. The fourth-order valence-electron chi connectivity index (χ4n) is 3.61. The van der Waals surface area contributed by atoms with Gasteiger partial charge in [0.15, 0.2) is 0 Å². The molecule has 29 heavy (non-hydrogen) atoms. The first kappa shape index (κ1) is 20.6. The third-order valence-electron chi connectivity index (χ3n) is 5.32. The maximum Gasteiger partial charge on any atom is 0.325 e. The third-order valence-corrected chi connectivity index (χ3v) is 5.32. The quantitative estimate of drug-likeness (QED) is 0.706. The molecule has 0 aliphatic carbocycles. The molecule has 1 aliphatic rings. The highest BCUT2D eigenvalue weighted by atomic mass is 16.2. The predicted molar refractivity (Wildman–Crippen MR) is 112 cm³/mol. The van der Waals surface area contributed by atoms with Crippen LogP contribution in [0.1, 0.15) is 43.9 Å². The zero-order chi connectivity index (χ0) is 21.0. The normalized spacial score (nSPS) is 18.7. The number of urea groups is 1. The Hall–Kier alpha value is -3.15. The molecule has 0 radical (unpaired) electrons. The van der Waals surface area contributed by atoms with E-state index in [2.05, 4.69) is 17.6 Å². The Morgan fingerprint density at radius 2 is 1.76 bits per heavy atom. The number of para-hydroxylation sites is 1. The standard InChI is InChI=1S/C23H27N3O3/c1-4-8-16-11-13-18(14-12-16)23(3)21(28)26(22(29)25-23)15-20(27)24-19-10-7-6-9-17(19)5-2/h6-7,9-14H,4-5,8,15H2,1-3H3,(H,24,27)(H,25,29). The molecule has 0 spiro atoms. The van der Waals surface area contributed by atoms with Gasteiger partial charge < -0.3 is 10.6 Å². The van der Waals surface area contributed by atoms with E-state index in [0.717, 1.165) is 29.7 Å². The molecule has 1 fully saturated rings. The van der Waals surface area contributed by atoms with Crippen LogP contribution in [0.5, 0.6) is 0 Å². The van der Waals surface area contributed by atoms with Gasteiger partial charge in [0.1, 0.15) is 12.1 Å². The first-order valence-corrected chi connectivity index (χ1v) is 10.00. The van der Waals surface area contributed by atoms with Gasteiger partial charge in [0.2, 0.25) is 5.91 Å². The summed E-state index contributed by atoms with van der Waals surface area (Å²) in [5.74, 6) is -0.832. The number of rotatable bonds is 7. The molecule has 1 atom stereocenters. The topological polar surface area (TPSA) is 78.5 Å². The number of benzene rings is 2. The summed E-state index contributed by atoms with van der Waals surface area (Å²) in [5, 5.41) is 5.55. The minimum Gasteiger partial charge on any atom is -0.324 e. The Bertz CT molecular complexity index is 923. The van der Waals surface area contributed by atoms with Crippen LogP contribution in [0.25, 0.3) is 0 Å². The van der Waals surface area contributed by atoms with E-state index in [1.807, 2.05) is 55.5 Å². The van der Waals surface area contributed by atoms with Crippen molar-refractivity contribution in [2.24, 2.45) is 0 Å². The zero-order valence-corrected chi connectivity index (χ0v) is 17.1. The lowest BCUT2D eigenvalue weighted by atomic mass is 9.91. The van der Waals surface area contributed by atoms with Crippen LogP contribution in [0.15, 0.2) is 48.5 Å². The van der Waals surface area contributed by atoms with E-state index in [-0.39, 0.29) is 6.54 Å². The molecule has 3 rings (SSSR count). The van der Waals surface area contributed by atoms with Gasteiger partial charge >= 0.3 is 6.03 Å². The molecule has 1 aliphatic heterocycles. The molecule has 4 amide bonds. The lowest BCUT2D eigenvalue weighted by molar-refractivity contribution is -0.133. The molecule has 152 valence electrons. The molecular weight excluding hydrogens is 366 g/mol. The van der Waals surface area contributed by atoms with E-state index >= 15 is 0 Å². The smallest absolute Gasteiger partial charge is 0.324 e. The Morgan fingerprint density at radius 1 is 1.07 bits per heavy atom. The maximum absolute atomic E-state index is 13.0. The number of hydrogen-bond donors (Lipinski definition) is 2. The summed E-state index contributed by atoms with van der Waals surface area (Å²) < 4.78 is 0. The lowest BCUT2D eigenvalue weighted by Crippen LogP contribution is -2.42. The molecule has 0 bridgehead atoms. The van der Waals surface area contributed by atoms with Crippen LogP contribution in [0.3, 0.4) is 0 Å². The summed E-state index contributed by atoms with van der Waals surface area (Å²) in [5.41, 5.74) is 2.40. The number of anilines is 1. The summed E-state index contributed by atoms with van der Waals surface area (Å²) in [7, 11) is 0. The zero-order valence-electron chi connectivity index (χ0n) is 17.1. The van der Waals surface area contributed by atoms with Crippen molar-refractivity contribution in [3.8, 4) is 0 Å². The van der Waals surface area contributed by atoms with E-state index in [1.165, 1.54) is 5.56 Å². The van der Waals surface area contributed by atoms with Crippen molar-refractivity contribution < 1.29 is 14.4 Å². The Labute approximate surface area is 171 Å². The highest BCUT2D eigenvalue weighted by Crippen LogP contribution is 2.29. The molecule has 6 heteroatoms. The van der Waals surface area contributed by atoms with Crippen molar-refractivity contribution in [1.29, 1.82) is 0 Å². The fraction of sp³-hybridized carbons (Fsp3) is 0.348.